The molecule has 0 aliphatic heterocycles. The lowest BCUT2D eigenvalue weighted by Crippen LogP contribution is -2.49. The summed E-state index contributed by atoms with van der Waals surface area (Å²) in [5, 5.41) is 25.1. The average molecular weight is 427 g/mol. The fourth-order valence-electron chi connectivity index (χ4n) is 3.51. The minimum atomic E-state index is -0.867. The summed E-state index contributed by atoms with van der Waals surface area (Å²) in [6.07, 6.45) is 22.6. The average Bonchev–Trinajstić information content (AvgIpc) is 2.75. The largest absolute Gasteiger partial charge is 0.394 e. The van der Waals surface area contributed by atoms with Crippen molar-refractivity contribution in [1.29, 1.82) is 0 Å². The van der Waals surface area contributed by atoms with E-state index in [4.69, 9.17) is 0 Å². The summed E-state index contributed by atoms with van der Waals surface area (Å²) in [7, 11) is 0. The maximum atomic E-state index is 11.9. The Labute approximate surface area is 186 Å². The molecule has 0 aliphatic rings. The number of hydrogen-bond acceptors (Lipinski definition) is 3. The number of amides is 2. The molecule has 0 rings (SSSR count). The van der Waals surface area contributed by atoms with Gasteiger partial charge < -0.3 is 20.8 Å². The first-order valence-electron chi connectivity index (χ1n) is 12.7. The molecule has 0 aromatic rings. The summed E-state index contributed by atoms with van der Waals surface area (Å²) >= 11 is 0. The predicted octanol–water partition coefficient (Wildman–Crippen LogP) is 5.85. The second-order valence-corrected chi connectivity index (χ2v) is 8.49. The molecule has 0 spiro atoms. The summed E-state index contributed by atoms with van der Waals surface area (Å²) < 4.78 is 0. The molecule has 2 atom stereocenters. The van der Waals surface area contributed by atoms with Crippen molar-refractivity contribution in [2.24, 2.45) is 0 Å². The predicted molar refractivity (Wildman–Crippen MR) is 128 cm³/mol. The number of urea groups is 1. The van der Waals surface area contributed by atoms with Crippen molar-refractivity contribution in [3.8, 4) is 0 Å². The topological polar surface area (TPSA) is 81.6 Å². The highest BCUT2D eigenvalue weighted by atomic mass is 16.3. The van der Waals surface area contributed by atoms with E-state index in [1.54, 1.807) is 6.08 Å². The number of nitrogens with one attached hydrogen (secondary N) is 2. The van der Waals surface area contributed by atoms with Crippen molar-refractivity contribution in [2.45, 2.75) is 129 Å². The van der Waals surface area contributed by atoms with Crippen molar-refractivity contribution < 1.29 is 15.0 Å². The van der Waals surface area contributed by atoms with Crippen LogP contribution in [0.5, 0.6) is 0 Å². The van der Waals surface area contributed by atoms with Gasteiger partial charge in [-0.3, -0.25) is 0 Å². The van der Waals surface area contributed by atoms with Crippen LogP contribution in [0.15, 0.2) is 12.2 Å². The number of carbonyl (C=O) groups is 1. The second kappa shape index (κ2) is 22.6. The van der Waals surface area contributed by atoms with Crippen molar-refractivity contribution in [1.82, 2.24) is 10.6 Å². The Morgan fingerprint density at radius 2 is 1.30 bits per heavy atom. The third kappa shape index (κ3) is 18.9. The fraction of sp³-hybridized carbons (Fsp3) is 0.880. The van der Waals surface area contributed by atoms with Crippen LogP contribution in [-0.2, 0) is 0 Å². The van der Waals surface area contributed by atoms with Gasteiger partial charge in [0.15, 0.2) is 0 Å². The van der Waals surface area contributed by atoms with Crippen LogP contribution in [0.25, 0.3) is 0 Å². The van der Waals surface area contributed by atoms with Gasteiger partial charge in [-0.1, -0.05) is 109 Å². The maximum absolute atomic E-state index is 11.9. The van der Waals surface area contributed by atoms with E-state index in [0.717, 1.165) is 32.1 Å². The summed E-state index contributed by atoms with van der Waals surface area (Å²) in [6.45, 7) is 4.74. The first-order valence-corrected chi connectivity index (χ1v) is 12.7. The summed E-state index contributed by atoms with van der Waals surface area (Å²) in [4.78, 5) is 11.9. The van der Waals surface area contributed by atoms with Gasteiger partial charge in [-0.15, -0.1) is 0 Å². The Morgan fingerprint density at radius 1 is 0.800 bits per heavy atom. The smallest absolute Gasteiger partial charge is 0.315 e. The van der Waals surface area contributed by atoms with Crippen molar-refractivity contribution in [3.05, 3.63) is 12.2 Å². The lowest BCUT2D eigenvalue weighted by molar-refractivity contribution is 0.125. The number of allylic oxidation sites excluding steroid dienone is 1. The monoisotopic (exact) mass is 426 g/mol. The zero-order valence-corrected chi connectivity index (χ0v) is 19.8. The molecule has 30 heavy (non-hydrogen) atoms. The quantitative estimate of drug-likeness (QED) is 0.137. The zero-order chi connectivity index (χ0) is 22.3. The van der Waals surface area contributed by atoms with E-state index >= 15 is 0 Å². The van der Waals surface area contributed by atoms with Gasteiger partial charge in [0.1, 0.15) is 0 Å². The standard InChI is InChI=1S/C25H50N2O3/c1-3-5-7-9-10-11-12-13-14-15-16-17-18-20-24(29)23(22-28)27-25(30)26-21-19-8-6-4-2/h18,20,23-24,28-29H,3-17,19,21-22H2,1-2H3,(H2,26,27,30). The molecular formula is C25H50N2O3. The lowest BCUT2D eigenvalue weighted by Gasteiger charge is -2.20. The van der Waals surface area contributed by atoms with E-state index in [0.29, 0.717) is 6.54 Å². The summed E-state index contributed by atoms with van der Waals surface area (Å²) in [5.74, 6) is 0. The van der Waals surface area contributed by atoms with E-state index in [1.165, 1.54) is 70.6 Å². The molecule has 0 aliphatic carbocycles. The fourth-order valence-corrected chi connectivity index (χ4v) is 3.51. The highest BCUT2D eigenvalue weighted by Gasteiger charge is 2.17. The third-order valence-corrected chi connectivity index (χ3v) is 5.55. The highest BCUT2D eigenvalue weighted by molar-refractivity contribution is 5.74. The van der Waals surface area contributed by atoms with Gasteiger partial charge in [0, 0.05) is 6.54 Å². The van der Waals surface area contributed by atoms with Crippen LogP contribution in [0.4, 0.5) is 4.79 Å². The van der Waals surface area contributed by atoms with Crippen molar-refractivity contribution in [3.63, 3.8) is 0 Å². The molecular weight excluding hydrogens is 376 g/mol. The van der Waals surface area contributed by atoms with E-state index in [1.807, 2.05) is 6.08 Å². The molecule has 0 saturated heterocycles. The Hall–Kier alpha value is -1.07. The number of aliphatic hydroxyl groups excluding tert-OH is 2. The van der Waals surface area contributed by atoms with Crippen LogP contribution < -0.4 is 10.6 Å². The molecule has 0 aromatic carbocycles. The molecule has 0 aromatic heterocycles. The number of hydrogen-bond donors (Lipinski definition) is 4. The molecule has 0 heterocycles. The van der Waals surface area contributed by atoms with E-state index in [-0.39, 0.29) is 12.6 Å². The Morgan fingerprint density at radius 3 is 1.83 bits per heavy atom. The molecule has 0 fully saturated rings. The first kappa shape index (κ1) is 28.9. The maximum Gasteiger partial charge on any atom is 0.315 e. The van der Waals surface area contributed by atoms with Crippen molar-refractivity contribution in [2.75, 3.05) is 13.2 Å². The Kier molecular flexibility index (Phi) is 21.8. The highest BCUT2D eigenvalue weighted by Crippen LogP contribution is 2.12. The zero-order valence-electron chi connectivity index (χ0n) is 19.8. The van der Waals surface area contributed by atoms with Crippen LogP contribution >= 0.6 is 0 Å². The number of carbonyl (C=O) groups excluding carboxylic acids is 1. The van der Waals surface area contributed by atoms with Gasteiger partial charge in [0.25, 0.3) is 0 Å². The number of aliphatic hydroxyl groups is 2. The van der Waals surface area contributed by atoms with Crippen LogP contribution in [0.1, 0.15) is 117 Å². The van der Waals surface area contributed by atoms with Crippen molar-refractivity contribution >= 4 is 6.03 Å². The van der Waals surface area contributed by atoms with Gasteiger partial charge in [-0.25, -0.2) is 4.79 Å². The molecule has 5 heteroatoms. The SMILES string of the molecule is CCCCCCCCCCCCCC=CC(O)C(CO)NC(=O)NCCCCCC. The van der Waals surface area contributed by atoms with E-state index < -0.39 is 12.1 Å². The lowest BCUT2D eigenvalue weighted by atomic mass is 10.0. The molecule has 4 N–H and O–H groups in total. The first-order chi connectivity index (χ1) is 14.7. The molecule has 0 radical (unpaired) electrons. The van der Waals surface area contributed by atoms with Gasteiger partial charge >= 0.3 is 6.03 Å². The third-order valence-electron chi connectivity index (χ3n) is 5.55. The minimum Gasteiger partial charge on any atom is -0.394 e. The molecule has 5 nitrogen and oxygen atoms in total. The minimum absolute atomic E-state index is 0.285. The molecule has 0 saturated carbocycles. The second-order valence-electron chi connectivity index (χ2n) is 8.49. The van der Waals surface area contributed by atoms with Crippen LogP contribution in [-0.4, -0.2) is 41.5 Å². The number of unbranched alkanes of at least 4 members (excludes halogenated alkanes) is 14. The Bertz CT molecular complexity index is 402. The summed E-state index contributed by atoms with van der Waals surface area (Å²) in [6, 6.07) is -1.00. The normalized spacial score (nSPS) is 13.5. The number of rotatable bonds is 21. The van der Waals surface area contributed by atoms with Crippen LogP contribution in [0, 0.1) is 0 Å². The van der Waals surface area contributed by atoms with Gasteiger partial charge in [-0.05, 0) is 19.3 Å². The summed E-state index contributed by atoms with van der Waals surface area (Å²) in [5.41, 5.74) is 0. The van der Waals surface area contributed by atoms with E-state index in [9.17, 15) is 15.0 Å². The molecule has 0 bridgehead atoms. The van der Waals surface area contributed by atoms with E-state index in [2.05, 4.69) is 24.5 Å². The Balaban J connectivity index is 3.69. The van der Waals surface area contributed by atoms with Crippen LogP contribution in [0.3, 0.4) is 0 Å². The molecule has 178 valence electrons. The van der Waals surface area contributed by atoms with Gasteiger partial charge in [0.05, 0.1) is 18.8 Å². The van der Waals surface area contributed by atoms with Gasteiger partial charge in [0.2, 0.25) is 0 Å². The van der Waals surface area contributed by atoms with Crippen LogP contribution in [0.2, 0.25) is 0 Å². The molecule has 2 amide bonds. The molecule has 2 unspecified atom stereocenters. The van der Waals surface area contributed by atoms with Gasteiger partial charge in [-0.2, -0.15) is 0 Å².